The van der Waals surface area contributed by atoms with Gasteiger partial charge in [-0.3, -0.25) is 5.41 Å². The molecular weight excluding hydrogens is 325 g/mol. The first kappa shape index (κ1) is 15.3. The van der Waals surface area contributed by atoms with E-state index in [1.54, 1.807) is 12.1 Å². The molecule has 1 saturated heterocycles. The Morgan fingerprint density at radius 3 is 2.85 bits per heavy atom. The molecule has 4 nitrogen and oxygen atoms in total. The summed E-state index contributed by atoms with van der Waals surface area (Å²) in [6, 6.07) is 3.23. The van der Waals surface area contributed by atoms with Gasteiger partial charge >= 0.3 is 0 Å². The lowest BCUT2D eigenvalue weighted by Crippen LogP contribution is -2.38. The number of nitrogen functional groups attached to an aromatic ring is 1. The van der Waals surface area contributed by atoms with Crippen molar-refractivity contribution >= 4 is 27.5 Å². The topological polar surface area (TPSA) is 73.3 Å². The van der Waals surface area contributed by atoms with E-state index in [0.717, 1.165) is 32.2 Å². The molecule has 110 valence electrons. The summed E-state index contributed by atoms with van der Waals surface area (Å²) < 4.78 is 14.7. The number of aliphatic hydroxyl groups excluding tert-OH is 1. The highest BCUT2D eigenvalue weighted by molar-refractivity contribution is 9.10. The van der Waals surface area contributed by atoms with Crippen molar-refractivity contribution in [1.82, 2.24) is 0 Å². The summed E-state index contributed by atoms with van der Waals surface area (Å²) in [6.45, 7) is 0.750. The zero-order chi connectivity index (χ0) is 14.7. The van der Waals surface area contributed by atoms with Crippen molar-refractivity contribution in [3.05, 3.63) is 28.0 Å². The molecule has 1 aromatic rings. The fourth-order valence-corrected chi connectivity index (χ4v) is 3.20. The van der Waals surface area contributed by atoms with Gasteiger partial charge in [-0.2, -0.15) is 0 Å². The fourth-order valence-electron chi connectivity index (χ4n) is 2.65. The lowest BCUT2D eigenvalue weighted by Gasteiger charge is -2.31. The minimum atomic E-state index is -0.418. The van der Waals surface area contributed by atoms with Crippen molar-refractivity contribution in [2.24, 2.45) is 5.73 Å². The molecule has 1 aliphatic heterocycles. The van der Waals surface area contributed by atoms with Crippen molar-refractivity contribution in [3.8, 4) is 0 Å². The molecule has 1 heterocycles. The number of hydrogen-bond donors (Lipinski definition) is 3. The molecule has 4 N–H and O–H groups in total. The zero-order valence-electron chi connectivity index (χ0n) is 11.2. The van der Waals surface area contributed by atoms with Crippen LogP contribution in [0, 0.1) is 11.2 Å². The summed E-state index contributed by atoms with van der Waals surface area (Å²) in [5.41, 5.74) is 6.23. The van der Waals surface area contributed by atoms with Gasteiger partial charge < -0.3 is 15.7 Å². The second kappa shape index (κ2) is 6.54. The van der Waals surface area contributed by atoms with Gasteiger partial charge in [0.1, 0.15) is 5.84 Å². The molecule has 6 heteroatoms. The maximum Gasteiger partial charge on any atom is 0.161 e. The van der Waals surface area contributed by atoms with Gasteiger partial charge in [0.15, 0.2) is 5.82 Å². The van der Waals surface area contributed by atoms with Gasteiger partial charge in [-0.25, -0.2) is 4.39 Å². The highest BCUT2D eigenvalue weighted by atomic mass is 79.9. The molecule has 0 spiro atoms. The average molecular weight is 344 g/mol. The van der Waals surface area contributed by atoms with E-state index in [9.17, 15) is 9.50 Å². The van der Waals surface area contributed by atoms with Crippen LogP contribution >= 0.6 is 15.9 Å². The maximum absolute atomic E-state index is 14.5. The number of amidine groups is 1. The molecule has 1 aliphatic rings. The zero-order valence-corrected chi connectivity index (χ0v) is 12.8. The third kappa shape index (κ3) is 2.96. The Labute approximate surface area is 126 Å². The van der Waals surface area contributed by atoms with Gasteiger partial charge in [0.2, 0.25) is 0 Å². The molecule has 1 fully saturated rings. The minimum Gasteiger partial charge on any atom is -0.394 e. The predicted molar refractivity (Wildman–Crippen MR) is 81.8 cm³/mol. The van der Waals surface area contributed by atoms with Crippen LogP contribution in [0.3, 0.4) is 0 Å². The number of aliphatic hydroxyl groups is 1. The molecule has 2 rings (SSSR count). The highest BCUT2D eigenvalue weighted by Gasteiger charge is 2.24. The van der Waals surface area contributed by atoms with E-state index in [1.165, 1.54) is 0 Å². The van der Waals surface area contributed by atoms with E-state index < -0.39 is 5.82 Å². The lowest BCUT2D eigenvalue weighted by molar-refractivity contribution is 0.254. The summed E-state index contributed by atoms with van der Waals surface area (Å²) >= 11 is 3.17. The quantitative estimate of drug-likeness (QED) is 0.583. The predicted octanol–water partition coefficient (Wildman–Crippen LogP) is 2.61. The largest absolute Gasteiger partial charge is 0.394 e. The molecule has 0 radical (unpaired) electrons. The second-order valence-corrected chi connectivity index (χ2v) is 5.85. The Hall–Kier alpha value is -1.14. The molecule has 20 heavy (non-hydrogen) atoms. The number of hydrogen-bond acceptors (Lipinski definition) is 3. The number of nitrogens with zero attached hydrogens (tertiary/aromatic N) is 1. The Morgan fingerprint density at radius 1 is 1.45 bits per heavy atom. The molecule has 0 aliphatic carbocycles. The van der Waals surface area contributed by atoms with Crippen LogP contribution in [0.2, 0.25) is 0 Å². The standard InChI is InChI=1S/C14H19BrFN3O/c15-12-10(14(17)18)5-6-11(13(12)16)19-7-3-1-2-4-9(19)8-20/h5-6,9,20H,1-4,7-8H2,(H3,17,18). The molecule has 1 aromatic carbocycles. The van der Waals surface area contributed by atoms with Crippen molar-refractivity contribution in [3.63, 3.8) is 0 Å². The van der Waals surface area contributed by atoms with Gasteiger partial charge in [-0.05, 0) is 40.9 Å². The average Bonchev–Trinajstić information content (AvgIpc) is 2.66. The van der Waals surface area contributed by atoms with Crippen LogP contribution in [0.15, 0.2) is 16.6 Å². The molecule has 0 amide bonds. The van der Waals surface area contributed by atoms with Crippen LogP contribution in [0.5, 0.6) is 0 Å². The second-order valence-electron chi connectivity index (χ2n) is 5.05. The SMILES string of the molecule is N=C(N)c1ccc(N2CCCCCC2CO)c(F)c1Br. The summed E-state index contributed by atoms with van der Waals surface area (Å²) in [6.07, 6.45) is 4.00. The summed E-state index contributed by atoms with van der Waals surface area (Å²) in [4.78, 5) is 1.93. The minimum absolute atomic E-state index is 0.0194. The Bertz CT molecular complexity index is 509. The number of benzene rings is 1. The maximum atomic E-state index is 14.5. The fraction of sp³-hybridized carbons (Fsp3) is 0.500. The first-order valence-corrected chi connectivity index (χ1v) is 7.55. The van der Waals surface area contributed by atoms with E-state index in [-0.39, 0.29) is 23.0 Å². The van der Waals surface area contributed by atoms with Gasteiger partial charge in [-0.1, -0.05) is 12.8 Å². The Balaban J connectivity index is 2.40. The Morgan fingerprint density at radius 2 is 2.20 bits per heavy atom. The van der Waals surface area contributed by atoms with Crippen LogP contribution in [0.25, 0.3) is 0 Å². The van der Waals surface area contributed by atoms with Crippen molar-refractivity contribution in [1.29, 1.82) is 5.41 Å². The van der Waals surface area contributed by atoms with Gasteiger partial charge in [0, 0.05) is 12.1 Å². The smallest absolute Gasteiger partial charge is 0.161 e. The number of anilines is 1. The van der Waals surface area contributed by atoms with Gasteiger partial charge in [0.05, 0.1) is 22.8 Å². The van der Waals surface area contributed by atoms with Crippen molar-refractivity contribution < 1.29 is 9.50 Å². The van der Waals surface area contributed by atoms with E-state index in [2.05, 4.69) is 15.9 Å². The van der Waals surface area contributed by atoms with Crippen LogP contribution < -0.4 is 10.6 Å². The molecule has 1 atom stereocenters. The van der Waals surface area contributed by atoms with Crippen LogP contribution in [-0.4, -0.2) is 30.1 Å². The third-order valence-corrected chi connectivity index (χ3v) is 4.52. The third-order valence-electron chi connectivity index (χ3n) is 3.75. The summed E-state index contributed by atoms with van der Waals surface area (Å²) in [5, 5.41) is 16.9. The van der Waals surface area contributed by atoms with E-state index >= 15 is 0 Å². The number of nitrogens with two attached hydrogens (primary N) is 1. The molecular formula is C14H19BrFN3O. The van der Waals surface area contributed by atoms with Crippen LogP contribution in [0.1, 0.15) is 31.2 Å². The molecule has 0 saturated carbocycles. The van der Waals surface area contributed by atoms with Crippen LogP contribution in [-0.2, 0) is 0 Å². The monoisotopic (exact) mass is 343 g/mol. The van der Waals surface area contributed by atoms with Gasteiger partial charge in [-0.15, -0.1) is 0 Å². The number of halogens is 2. The molecule has 0 bridgehead atoms. The Kier molecular flexibility index (Phi) is 4.99. The molecule has 0 aromatic heterocycles. The lowest BCUT2D eigenvalue weighted by atomic mass is 10.1. The first-order chi connectivity index (χ1) is 9.56. The van der Waals surface area contributed by atoms with Gasteiger partial charge in [0.25, 0.3) is 0 Å². The molecule has 1 unspecified atom stereocenters. The van der Waals surface area contributed by atoms with E-state index in [0.29, 0.717) is 11.3 Å². The van der Waals surface area contributed by atoms with Crippen molar-refractivity contribution in [2.75, 3.05) is 18.1 Å². The van der Waals surface area contributed by atoms with Crippen molar-refractivity contribution in [2.45, 2.75) is 31.7 Å². The summed E-state index contributed by atoms with van der Waals surface area (Å²) in [5.74, 6) is -0.588. The normalized spacial score (nSPS) is 19.8. The van der Waals surface area contributed by atoms with E-state index in [1.807, 2.05) is 4.90 Å². The highest BCUT2D eigenvalue weighted by Crippen LogP contribution is 2.32. The van der Waals surface area contributed by atoms with E-state index in [4.69, 9.17) is 11.1 Å². The number of rotatable bonds is 3. The summed E-state index contributed by atoms with van der Waals surface area (Å²) in [7, 11) is 0. The van der Waals surface area contributed by atoms with Crippen LogP contribution in [0.4, 0.5) is 10.1 Å². The number of nitrogens with one attached hydrogen (secondary N) is 1. The first-order valence-electron chi connectivity index (χ1n) is 6.76.